The van der Waals surface area contributed by atoms with Crippen molar-refractivity contribution >= 4 is 0 Å². The molecule has 1 unspecified atom stereocenters. The number of rotatable bonds is 5. The number of hydrogen-bond acceptors (Lipinski definition) is 3. The summed E-state index contributed by atoms with van der Waals surface area (Å²) in [5.74, 6) is 0.827. The van der Waals surface area contributed by atoms with Crippen LogP contribution in [0.1, 0.15) is 24.6 Å². The van der Waals surface area contributed by atoms with Gasteiger partial charge in [-0.3, -0.25) is 9.88 Å². The smallest absolute Gasteiger partial charge is 0.0372 e. The van der Waals surface area contributed by atoms with Gasteiger partial charge in [0, 0.05) is 25.0 Å². The number of nitrogens with zero attached hydrogens (tertiary/aromatic N) is 2. The van der Waals surface area contributed by atoms with Crippen LogP contribution in [0.3, 0.4) is 0 Å². The molecule has 1 fully saturated rings. The maximum atomic E-state index is 4.35. The van der Waals surface area contributed by atoms with Crippen LogP contribution in [0, 0.1) is 12.8 Å². The maximum absolute atomic E-state index is 4.35. The Hall–Kier alpha value is -0.930. The van der Waals surface area contributed by atoms with Crippen LogP contribution in [0.2, 0.25) is 0 Å². The molecular formula is C14H23N3. The molecule has 1 aliphatic rings. The standard InChI is InChI=1S/C14H23N3/c1-3-15-8-14-6-7-17(11-14)10-13-5-4-12(2)16-9-13/h4-5,9,14-15H,3,6-8,10-11H2,1-2H3. The third-order valence-corrected chi connectivity index (χ3v) is 3.43. The van der Waals surface area contributed by atoms with Gasteiger partial charge in [-0.25, -0.2) is 0 Å². The van der Waals surface area contributed by atoms with Crippen LogP contribution in [0.15, 0.2) is 18.3 Å². The molecule has 1 N–H and O–H groups in total. The topological polar surface area (TPSA) is 28.2 Å². The van der Waals surface area contributed by atoms with E-state index < -0.39 is 0 Å². The largest absolute Gasteiger partial charge is 0.317 e. The highest BCUT2D eigenvalue weighted by Crippen LogP contribution is 2.17. The number of aromatic nitrogens is 1. The maximum Gasteiger partial charge on any atom is 0.0372 e. The van der Waals surface area contributed by atoms with Crippen LogP contribution in [0.4, 0.5) is 0 Å². The van der Waals surface area contributed by atoms with Crippen LogP contribution < -0.4 is 5.32 Å². The predicted octanol–water partition coefficient (Wildman–Crippen LogP) is 1.82. The van der Waals surface area contributed by atoms with Crippen LogP contribution in [-0.2, 0) is 6.54 Å². The first-order valence-electron chi connectivity index (χ1n) is 6.62. The Bertz CT molecular complexity index is 334. The summed E-state index contributed by atoms with van der Waals surface area (Å²) in [5, 5.41) is 3.44. The summed E-state index contributed by atoms with van der Waals surface area (Å²) in [6, 6.07) is 4.29. The first kappa shape index (κ1) is 12.5. The highest BCUT2D eigenvalue weighted by molar-refractivity contribution is 5.13. The van der Waals surface area contributed by atoms with Gasteiger partial charge in [-0.05, 0) is 50.5 Å². The van der Waals surface area contributed by atoms with Crippen molar-refractivity contribution < 1.29 is 0 Å². The van der Waals surface area contributed by atoms with E-state index >= 15 is 0 Å². The lowest BCUT2D eigenvalue weighted by atomic mass is 10.1. The van der Waals surface area contributed by atoms with Crippen LogP contribution in [0.25, 0.3) is 0 Å². The Labute approximate surface area is 104 Å². The fourth-order valence-corrected chi connectivity index (χ4v) is 2.42. The van der Waals surface area contributed by atoms with E-state index in [1.807, 2.05) is 13.1 Å². The summed E-state index contributed by atoms with van der Waals surface area (Å²) < 4.78 is 0. The van der Waals surface area contributed by atoms with Gasteiger partial charge in [0.2, 0.25) is 0 Å². The highest BCUT2D eigenvalue weighted by Gasteiger charge is 2.21. The van der Waals surface area contributed by atoms with Gasteiger partial charge in [0.1, 0.15) is 0 Å². The number of likely N-dealkylation sites (tertiary alicyclic amines) is 1. The third-order valence-electron chi connectivity index (χ3n) is 3.43. The van der Waals surface area contributed by atoms with Crippen molar-refractivity contribution in [3.8, 4) is 0 Å². The highest BCUT2D eigenvalue weighted by atomic mass is 15.1. The Balaban J connectivity index is 1.79. The van der Waals surface area contributed by atoms with Crippen molar-refractivity contribution in [3.63, 3.8) is 0 Å². The SMILES string of the molecule is CCNCC1CCN(Cc2ccc(C)nc2)C1. The normalized spacial score (nSPS) is 20.9. The van der Waals surface area contributed by atoms with E-state index in [9.17, 15) is 0 Å². The molecule has 0 amide bonds. The molecule has 0 radical (unpaired) electrons. The molecule has 0 spiro atoms. The van der Waals surface area contributed by atoms with Gasteiger partial charge in [0.25, 0.3) is 0 Å². The fraction of sp³-hybridized carbons (Fsp3) is 0.643. The van der Waals surface area contributed by atoms with Gasteiger partial charge in [0.05, 0.1) is 0 Å². The fourth-order valence-electron chi connectivity index (χ4n) is 2.42. The number of nitrogens with one attached hydrogen (secondary N) is 1. The van der Waals surface area contributed by atoms with Crippen molar-refractivity contribution in [2.75, 3.05) is 26.2 Å². The average Bonchev–Trinajstić information content (AvgIpc) is 2.77. The first-order valence-corrected chi connectivity index (χ1v) is 6.62. The van der Waals surface area contributed by atoms with Gasteiger partial charge in [-0.1, -0.05) is 13.0 Å². The minimum Gasteiger partial charge on any atom is -0.317 e. The van der Waals surface area contributed by atoms with Crippen LogP contribution in [0.5, 0.6) is 0 Å². The third kappa shape index (κ3) is 3.79. The van der Waals surface area contributed by atoms with Crippen molar-refractivity contribution in [1.29, 1.82) is 0 Å². The lowest BCUT2D eigenvalue weighted by Gasteiger charge is -2.16. The van der Waals surface area contributed by atoms with E-state index in [0.717, 1.165) is 24.7 Å². The van der Waals surface area contributed by atoms with E-state index in [-0.39, 0.29) is 0 Å². The molecule has 94 valence electrons. The van der Waals surface area contributed by atoms with Crippen LogP contribution in [-0.4, -0.2) is 36.1 Å². The average molecular weight is 233 g/mol. The summed E-state index contributed by atoms with van der Waals surface area (Å²) in [7, 11) is 0. The Morgan fingerprint density at radius 1 is 1.47 bits per heavy atom. The second kappa shape index (κ2) is 6.12. The summed E-state index contributed by atoms with van der Waals surface area (Å²) in [4.78, 5) is 6.89. The van der Waals surface area contributed by atoms with Crippen molar-refractivity contribution in [2.24, 2.45) is 5.92 Å². The van der Waals surface area contributed by atoms with Crippen molar-refractivity contribution in [1.82, 2.24) is 15.2 Å². The second-order valence-electron chi connectivity index (χ2n) is 5.01. The zero-order valence-corrected chi connectivity index (χ0v) is 10.9. The summed E-state index contributed by atoms with van der Waals surface area (Å²) >= 11 is 0. The summed E-state index contributed by atoms with van der Waals surface area (Å²) in [5.41, 5.74) is 2.43. The zero-order chi connectivity index (χ0) is 12.1. The predicted molar refractivity (Wildman–Crippen MR) is 70.9 cm³/mol. The summed E-state index contributed by atoms with van der Waals surface area (Å²) in [6.45, 7) is 9.95. The van der Waals surface area contributed by atoms with Crippen LogP contribution >= 0.6 is 0 Å². The number of hydrogen-bond donors (Lipinski definition) is 1. The van der Waals surface area contributed by atoms with E-state index in [2.05, 4.69) is 34.3 Å². The molecule has 1 aromatic rings. The van der Waals surface area contributed by atoms with E-state index in [0.29, 0.717) is 0 Å². The minimum absolute atomic E-state index is 0.827. The van der Waals surface area contributed by atoms with E-state index in [1.54, 1.807) is 0 Å². The monoisotopic (exact) mass is 233 g/mol. The molecule has 0 saturated carbocycles. The molecule has 3 heteroatoms. The van der Waals surface area contributed by atoms with Gasteiger partial charge in [0.15, 0.2) is 0 Å². The Kier molecular flexibility index (Phi) is 4.51. The molecule has 0 aliphatic carbocycles. The molecular weight excluding hydrogens is 210 g/mol. The second-order valence-corrected chi connectivity index (χ2v) is 5.01. The number of pyridine rings is 1. The van der Waals surface area contributed by atoms with Gasteiger partial charge in [-0.2, -0.15) is 0 Å². The minimum atomic E-state index is 0.827. The van der Waals surface area contributed by atoms with Gasteiger partial charge in [-0.15, -0.1) is 0 Å². The number of aryl methyl sites for hydroxylation is 1. The molecule has 1 aromatic heterocycles. The molecule has 2 heterocycles. The van der Waals surface area contributed by atoms with Crippen molar-refractivity contribution in [3.05, 3.63) is 29.6 Å². The molecule has 1 atom stereocenters. The summed E-state index contributed by atoms with van der Waals surface area (Å²) in [6.07, 6.45) is 3.33. The molecule has 0 aromatic carbocycles. The quantitative estimate of drug-likeness (QED) is 0.841. The Morgan fingerprint density at radius 2 is 2.35 bits per heavy atom. The molecule has 17 heavy (non-hydrogen) atoms. The lowest BCUT2D eigenvalue weighted by Crippen LogP contribution is -2.26. The van der Waals surface area contributed by atoms with Gasteiger partial charge < -0.3 is 5.32 Å². The molecule has 2 rings (SSSR count). The zero-order valence-electron chi connectivity index (χ0n) is 10.9. The van der Waals surface area contributed by atoms with Gasteiger partial charge >= 0.3 is 0 Å². The molecule has 0 bridgehead atoms. The lowest BCUT2D eigenvalue weighted by molar-refractivity contribution is 0.314. The van der Waals surface area contributed by atoms with Crippen molar-refractivity contribution in [2.45, 2.75) is 26.8 Å². The molecule has 3 nitrogen and oxygen atoms in total. The first-order chi connectivity index (χ1) is 8.28. The Morgan fingerprint density at radius 3 is 3.06 bits per heavy atom. The van der Waals surface area contributed by atoms with E-state index in [1.165, 1.54) is 31.6 Å². The molecule has 1 aliphatic heterocycles. The molecule has 1 saturated heterocycles. The van der Waals surface area contributed by atoms with E-state index in [4.69, 9.17) is 0 Å².